The van der Waals surface area contributed by atoms with Crippen molar-refractivity contribution in [2.24, 2.45) is 0 Å². The van der Waals surface area contributed by atoms with Crippen LogP contribution in [-0.2, 0) is 0 Å². The second kappa shape index (κ2) is 9.88. The predicted octanol–water partition coefficient (Wildman–Crippen LogP) is 3.40. The predicted molar refractivity (Wildman–Crippen MR) is 94.8 cm³/mol. The first-order valence-electron chi connectivity index (χ1n) is 8.69. The molecule has 4 heteroatoms. The lowest BCUT2D eigenvalue weighted by Crippen LogP contribution is -2.29. The van der Waals surface area contributed by atoms with Crippen molar-refractivity contribution in [3.05, 3.63) is 46.6 Å². The molecule has 0 radical (unpaired) electrons. The number of hydrogen-bond acceptors (Lipinski definition) is 4. The van der Waals surface area contributed by atoms with Crippen molar-refractivity contribution in [1.82, 2.24) is 4.90 Å². The molecule has 0 bridgehead atoms. The molecule has 2 rings (SSSR count). The zero-order valence-corrected chi connectivity index (χ0v) is 14.2. The van der Waals surface area contributed by atoms with Crippen LogP contribution in [0.15, 0.2) is 46.6 Å². The van der Waals surface area contributed by atoms with Crippen LogP contribution < -0.4 is 0 Å². The smallest absolute Gasteiger partial charge is 0.0991 e. The molecule has 0 aliphatic heterocycles. The van der Waals surface area contributed by atoms with Crippen molar-refractivity contribution >= 4 is 0 Å². The molecule has 0 saturated carbocycles. The van der Waals surface area contributed by atoms with Gasteiger partial charge in [-0.25, -0.2) is 0 Å². The Labute approximate surface area is 144 Å². The second-order valence-corrected chi connectivity index (χ2v) is 6.31. The number of hydrogen-bond donors (Lipinski definition) is 1. The molecule has 0 aromatic rings. The maximum absolute atomic E-state index is 9.23. The lowest BCUT2D eigenvalue weighted by Gasteiger charge is -2.24. The molecule has 24 heavy (non-hydrogen) atoms. The quantitative estimate of drug-likeness (QED) is 0.625. The molecule has 126 valence electrons. The molecule has 0 saturated heterocycles. The third kappa shape index (κ3) is 5.20. The van der Waals surface area contributed by atoms with Crippen LogP contribution in [0, 0.1) is 22.7 Å². The van der Waals surface area contributed by atoms with Crippen molar-refractivity contribution in [2.45, 2.75) is 38.5 Å². The minimum absolute atomic E-state index is 0.261. The summed E-state index contributed by atoms with van der Waals surface area (Å²) in [6, 6.07) is 4.58. The van der Waals surface area contributed by atoms with E-state index in [-0.39, 0.29) is 6.61 Å². The largest absolute Gasteiger partial charge is 0.396 e. The van der Waals surface area contributed by atoms with Crippen molar-refractivity contribution in [1.29, 1.82) is 10.5 Å². The van der Waals surface area contributed by atoms with Crippen molar-refractivity contribution in [2.75, 3.05) is 26.2 Å². The zero-order chi connectivity index (χ0) is 17.2. The SMILES string of the molecule is N#CC1=C(CN(CCCCCCO)CC2=C(C#N)CC=C2)CC=C1. The fourth-order valence-corrected chi connectivity index (χ4v) is 3.15. The van der Waals surface area contributed by atoms with Crippen LogP contribution in [0.1, 0.15) is 38.5 Å². The van der Waals surface area contributed by atoms with Gasteiger partial charge in [0.25, 0.3) is 0 Å². The van der Waals surface area contributed by atoms with Gasteiger partial charge >= 0.3 is 0 Å². The highest BCUT2D eigenvalue weighted by molar-refractivity contribution is 5.45. The van der Waals surface area contributed by atoms with Crippen molar-refractivity contribution < 1.29 is 5.11 Å². The topological polar surface area (TPSA) is 71.1 Å². The Morgan fingerprint density at radius 1 is 0.958 bits per heavy atom. The number of nitrogens with zero attached hydrogens (tertiary/aromatic N) is 3. The van der Waals surface area contributed by atoms with E-state index in [9.17, 15) is 10.5 Å². The highest BCUT2D eigenvalue weighted by Gasteiger charge is 2.17. The second-order valence-electron chi connectivity index (χ2n) is 6.31. The molecule has 0 heterocycles. The zero-order valence-electron chi connectivity index (χ0n) is 14.2. The summed E-state index contributed by atoms with van der Waals surface area (Å²) in [6.07, 6.45) is 13.7. The number of allylic oxidation sites excluding steroid dienone is 5. The van der Waals surface area contributed by atoms with Gasteiger partial charge in [0.05, 0.1) is 17.7 Å². The van der Waals surface area contributed by atoms with Crippen LogP contribution >= 0.6 is 0 Å². The van der Waals surface area contributed by atoms with Gasteiger partial charge in [0.2, 0.25) is 0 Å². The summed E-state index contributed by atoms with van der Waals surface area (Å²) in [4.78, 5) is 2.35. The Hall–Kier alpha value is -2.14. The van der Waals surface area contributed by atoms with E-state index in [1.807, 2.05) is 18.2 Å². The van der Waals surface area contributed by atoms with E-state index in [0.717, 1.165) is 74.9 Å². The van der Waals surface area contributed by atoms with E-state index in [0.29, 0.717) is 0 Å². The Balaban J connectivity index is 1.98. The molecule has 2 aliphatic rings. The lowest BCUT2D eigenvalue weighted by atomic mass is 10.1. The van der Waals surface area contributed by atoms with Gasteiger partial charge in [-0.2, -0.15) is 10.5 Å². The molecular weight excluding hydrogens is 298 g/mol. The van der Waals surface area contributed by atoms with E-state index in [2.05, 4.69) is 23.1 Å². The van der Waals surface area contributed by atoms with Gasteiger partial charge in [0.15, 0.2) is 0 Å². The van der Waals surface area contributed by atoms with Gasteiger partial charge < -0.3 is 5.11 Å². The summed E-state index contributed by atoms with van der Waals surface area (Å²) in [5.41, 5.74) is 3.93. The Morgan fingerprint density at radius 3 is 2.50 bits per heavy atom. The summed E-state index contributed by atoms with van der Waals surface area (Å²) in [5, 5.41) is 27.3. The first-order chi connectivity index (χ1) is 11.8. The molecule has 4 nitrogen and oxygen atoms in total. The van der Waals surface area contributed by atoms with E-state index in [1.54, 1.807) is 0 Å². The third-order valence-electron chi connectivity index (χ3n) is 4.50. The minimum Gasteiger partial charge on any atom is -0.396 e. The first-order valence-corrected chi connectivity index (χ1v) is 8.69. The molecular formula is C20H25N3O. The number of unbranched alkanes of at least 4 members (excludes halogenated alkanes) is 3. The first kappa shape index (κ1) is 18.2. The highest BCUT2D eigenvalue weighted by Crippen LogP contribution is 2.23. The number of nitriles is 2. The lowest BCUT2D eigenvalue weighted by molar-refractivity contribution is 0.276. The van der Waals surface area contributed by atoms with E-state index < -0.39 is 0 Å². The maximum atomic E-state index is 9.23. The summed E-state index contributed by atoms with van der Waals surface area (Å²) < 4.78 is 0. The van der Waals surface area contributed by atoms with Gasteiger partial charge in [-0.15, -0.1) is 0 Å². The van der Waals surface area contributed by atoms with Crippen LogP contribution in [0.3, 0.4) is 0 Å². The fourth-order valence-electron chi connectivity index (χ4n) is 3.15. The number of rotatable bonds is 10. The average molecular weight is 323 g/mol. The van der Waals surface area contributed by atoms with Crippen LogP contribution in [-0.4, -0.2) is 36.2 Å². The van der Waals surface area contributed by atoms with Gasteiger partial charge in [-0.3, -0.25) is 4.90 Å². The normalized spacial score (nSPS) is 16.3. The number of aliphatic hydroxyl groups is 1. The summed E-state index contributed by atoms with van der Waals surface area (Å²) >= 11 is 0. The fraction of sp³-hybridized carbons (Fsp3) is 0.500. The summed E-state index contributed by atoms with van der Waals surface area (Å²) in [5.74, 6) is 0. The summed E-state index contributed by atoms with van der Waals surface area (Å²) in [6.45, 7) is 2.76. The molecule has 0 spiro atoms. The van der Waals surface area contributed by atoms with Gasteiger partial charge in [0, 0.05) is 31.7 Å². The maximum Gasteiger partial charge on any atom is 0.0991 e. The Morgan fingerprint density at radius 2 is 1.75 bits per heavy atom. The average Bonchev–Trinajstić information content (AvgIpc) is 3.23. The molecule has 2 aliphatic carbocycles. The molecule has 0 fully saturated rings. The summed E-state index contributed by atoms with van der Waals surface area (Å²) in [7, 11) is 0. The van der Waals surface area contributed by atoms with Crippen molar-refractivity contribution in [3.8, 4) is 12.1 Å². The Kier molecular flexibility index (Phi) is 7.49. The molecule has 0 unspecified atom stereocenters. The standard InChI is InChI=1S/C20H25N3O/c21-13-17-7-5-9-19(17)15-23(11-3-1-2-4-12-24)16-20-10-6-8-18(20)14-22/h5-7,10,24H,1-4,8-9,11-12,15-16H2. The molecule has 0 amide bonds. The Bertz CT molecular complexity index is 641. The monoisotopic (exact) mass is 323 g/mol. The van der Waals surface area contributed by atoms with Crippen molar-refractivity contribution in [3.63, 3.8) is 0 Å². The van der Waals surface area contributed by atoms with E-state index >= 15 is 0 Å². The van der Waals surface area contributed by atoms with E-state index in [1.165, 1.54) is 5.57 Å². The molecule has 0 aromatic carbocycles. The van der Waals surface area contributed by atoms with Crippen LogP contribution in [0.2, 0.25) is 0 Å². The van der Waals surface area contributed by atoms with Gasteiger partial charge in [0.1, 0.15) is 0 Å². The number of aliphatic hydroxyl groups excluding tert-OH is 1. The minimum atomic E-state index is 0.261. The van der Waals surface area contributed by atoms with E-state index in [4.69, 9.17) is 5.11 Å². The van der Waals surface area contributed by atoms with Gasteiger partial charge in [-0.05, 0) is 43.0 Å². The van der Waals surface area contributed by atoms with Gasteiger partial charge in [-0.1, -0.05) is 31.1 Å². The molecule has 0 aromatic heterocycles. The van der Waals surface area contributed by atoms with Crippen LogP contribution in [0.25, 0.3) is 0 Å². The third-order valence-corrected chi connectivity index (χ3v) is 4.50. The van der Waals surface area contributed by atoms with Crippen LogP contribution in [0.4, 0.5) is 0 Å². The molecule has 1 N–H and O–H groups in total. The van der Waals surface area contributed by atoms with Crippen LogP contribution in [0.5, 0.6) is 0 Å². The molecule has 0 atom stereocenters. The highest BCUT2D eigenvalue weighted by atomic mass is 16.2.